The first-order chi connectivity index (χ1) is 15.1. The van der Waals surface area contributed by atoms with Gasteiger partial charge in [-0.2, -0.15) is 0 Å². The Morgan fingerprint density at radius 2 is 1.58 bits per heavy atom. The van der Waals surface area contributed by atoms with Gasteiger partial charge >= 0.3 is 0 Å². The lowest BCUT2D eigenvalue weighted by Gasteiger charge is -2.71. The van der Waals surface area contributed by atoms with Gasteiger partial charge < -0.3 is 10.2 Å². The fourth-order valence-corrected chi connectivity index (χ4v) is 8.80. The second-order valence-electron chi connectivity index (χ2n) is 12.7. The number of aliphatic hydroxyl groups excluding tert-OH is 1. The van der Waals surface area contributed by atoms with Gasteiger partial charge in [0.2, 0.25) is 5.78 Å². The molecule has 7 atom stereocenters. The predicted octanol–water partition coefficient (Wildman–Crippen LogP) is 5.78. The number of carbonyl (C=O) groups excluding carboxylic acids is 2. The molecule has 0 bridgehead atoms. The van der Waals surface area contributed by atoms with Gasteiger partial charge in [-0.25, -0.2) is 0 Å². The van der Waals surface area contributed by atoms with E-state index < -0.39 is 11.0 Å². The van der Waals surface area contributed by atoms with E-state index in [1.165, 1.54) is 5.57 Å². The molecule has 33 heavy (non-hydrogen) atoms. The van der Waals surface area contributed by atoms with Crippen molar-refractivity contribution in [2.24, 2.45) is 33.5 Å². The molecule has 5 rings (SSSR count). The molecule has 0 aliphatic heterocycles. The van der Waals surface area contributed by atoms with Crippen molar-refractivity contribution in [2.45, 2.75) is 86.2 Å². The summed E-state index contributed by atoms with van der Waals surface area (Å²) in [6.07, 6.45) is 10.4. The van der Waals surface area contributed by atoms with Crippen LogP contribution < -0.4 is 0 Å². The van der Waals surface area contributed by atoms with E-state index in [-0.39, 0.29) is 45.4 Å². The number of hydrogen-bond acceptors (Lipinski definition) is 4. The lowest BCUT2D eigenvalue weighted by Crippen LogP contribution is -2.69. The summed E-state index contributed by atoms with van der Waals surface area (Å²) in [5, 5.41) is 21.8. The van der Waals surface area contributed by atoms with Gasteiger partial charge in [-0.3, -0.25) is 9.59 Å². The Labute approximate surface area is 197 Å². The number of rotatable bonds is 0. The topological polar surface area (TPSA) is 74.6 Å². The van der Waals surface area contributed by atoms with Crippen molar-refractivity contribution in [1.82, 2.24) is 0 Å². The first-order valence-corrected chi connectivity index (χ1v) is 12.5. The monoisotopic (exact) mass is 450 g/mol. The molecule has 0 aromatic heterocycles. The second kappa shape index (κ2) is 6.38. The number of allylic oxidation sites excluding steroid dienone is 7. The Morgan fingerprint density at radius 1 is 0.939 bits per heavy atom. The molecule has 2 N–H and O–H groups in total. The highest BCUT2D eigenvalue weighted by Crippen LogP contribution is 2.75. The normalized spacial score (nSPS) is 49.3. The summed E-state index contributed by atoms with van der Waals surface area (Å²) in [5.41, 5.74) is 1.85. The van der Waals surface area contributed by atoms with Crippen LogP contribution in [0.5, 0.6) is 0 Å². The summed E-state index contributed by atoms with van der Waals surface area (Å²) >= 11 is 0. The number of Topliss-reactive ketones (excluding diaryl/α,β-unsaturated/α-hetero) is 1. The Morgan fingerprint density at radius 3 is 2.24 bits per heavy atom. The molecule has 0 spiro atoms. The maximum absolute atomic E-state index is 13.0. The smallest absolute Gasteiger partial charge is 0.220 e. The highest BCUT2D eigenvalue weighted by Gasteiger charge is 2.70. The molecule has 4 nitrogen and oxygen atoms in total. The van der Waals surface area contributed by atoms with Crippen molar-refractivity contribution in [3.05, 3.63) is 46.3 Å². The Kier molecular flexibility index (Phi) is 4.42. The van der Waals surface area contributed by atoms with Crippen LogP contribution in [0.15, 0.2) is 46.3 Å². The number of hydrogen-bond donors (Lipinski definition) is 2. The largest absolute Gasteiger partial charge is 0.504 e. The summed E-state index contributed by atoms with van der Waals surface area (Å²) < 4.78 is 0. The van der Waals surface area contributed by atoms with Gasteiger partial charge in [-0.1, -0.05) is 52.3 Å². The lowest BCUT2D eigenvalue weighted by atomic mass is 9.33. The van der Waals surface area contributed by atoms with Gasteiger partial charge in [-0.15, -0.1) is 0 Å². The molecule has 0 saturated heterocycles. The minimum atomic E-state index is -1.31. The molecule has 0 aromatic carbocycles. The highest BCUT2D eigenvalue weighted by molar-refractivity contribution is 6.06. The van der Waals surface area contributed by atoms with E-state index in [2.05, 4.69) is 39.8 Å². The Bertz CT molecular complexity index is 1120. The summed E-state index contributed by atoms with van der Waals surface area (Å²) in [4.78, 5) is 25.6. The predicted molar refractivity (Wildman–Crippen MR) is 128 cm³/mol. The Balaban J connectivity index is 1.67. The van der Waals surface area contributed by atoms with Gasteiger partial charge in [0.15, 0.2) is 11.5 Å². The van der Waals surface area contributed by atoms with E-state index in [4.69, 9.17) is 0 Å². The summed E-state index contributed by atoms with van der Waals surface area (Å²) in [5.74, 6) is -0.366. The van der Waals surface area contributed by atoms with Crippen LogP contribution in [0.4, 0.5) is 0 Å². The molecule has 5 aliphatic rings. The van der Waals surface area contributed by atoms with Crippen molar-refractivity contribution < 1.29 is 19.8 Å². The molecule has 3 fully saturated rings. The van der Waals surface area contributed by atoms with Crippen molar-refractivity contribution >= 4 is 11.6 Å². The minimum absolute atomic E-state index is 0.00787. The molecule has 0 radical (unpaired) electrons. The SMILES string of the molecule is CC1=C(O)C(=O)C=C2C1=CC=C1C2(C)CCC2(C)C3CC(C)C(=O)C(C)(O)C3(C)CCC12C. The molecule has 0 aromatic rings. The average Bonchev–Trinajstić information content (AvgIpc) is 2.75. The van der Waals surface area contributed by atoms with Crippen LogP contribution in [0.3, 0.4) is 0 Å². The minimum Gasteiger partial charge on any atom is -0.504 e. The van der Waals surface area contributed by atoms with Crippen molar-refractivity contribution in [2.75, 3.05) is 0 Å². The van der Waals surface area contributed by atoms with Gasteiger partial charge in [0.1, 0.15) is 5.60 Å². The maximum Gasteiger partial charge on any atom is 0.220 e. The number of aliphatic hydroxyl groups is 2. The fourth-order valence-electron chi connectivity index (χ4n) is 8.80. The van der Waals surface area contributed by atoms with Gasteiger partial charge in [0, 0.05) is 22.3 Å². The Hall–Kier alpha value is -1.94. The fraction of sp³-hybridized carbons (Fsp3) is 0.655. The number of fused-ring (bicyclic) bond motifs is 7. The number of ketones is 2. The van der Waals surface area contributed by atoms with E-state index in [1.807, 2.05) is 13.8 Å². The van der Waals surface area contributed by atoms with Crippen molar-refractivity contribution in [3.8, 4) is 0 Å². The molecule has 3 saturated carbocycles. The van der Waals surface area contributed by atoms with Gasteiger partial charge in [-0.05, 0) is 79.9 Å². The lowest BCUT2D eigenvalue weighted by molar-refractivity contribution is -0.219. The van der Waals surface area contributed by atoms with Crippen LogP contribution in [-0.2, 0) is 9.59 Å². The molecule has 0 heterocycles. The molecule has 0 amide bonds. The van der Waals surface area contributed by atoms with Crippen LogP contribution in [-0.4, -0.2) is 27.4 Å². The van der Waals surface area contributed by atoms with E-state index in [1.54, 1.807) is 13.0 Å². The third kappa shape index (κ3) is 2.41. The molecule has 178 valence electrons. The van der Waals surface area contributed by atoms with Crippen LogP contribution in [0.1, 0.15) is 80.6 Å². The van der Waals surface area contributed by atoms with Crippen LogP contribution >= 0.6 is 0 Å². The average molecular weight is 451 g/mol. The van der Waals surface area contributed by atoms with Crippen molar-refractivity contribution in [3.63, 3.8) is 0 Å². The second-order valence-corrected chi connectivity index (χ2v) is 12.7. The van der Waals surface area contributed by atoms with Crippen molar-refractivity contribution in [1.29, 1.82) is 0 Å². The summed E-state index contributed by atoms with van der Waals surface area (Å²) in [7, 11) is 0. The zero-order valence-corrected chi connectivity index (χ0v) is 21.1. The molecular formula is C29H38O4. The van der Waals surface area contributed by atoms with E-state index in [0.717, 1.165) is 43.3 Å². The first-order valence-electron chi connectivity index (χ1n) is 12.5. The zero-order valence-electron chi connectivity index (χ0n) is 21.1. The summed E-state index contributed by atoms with van der Waals surface area (Å²) in [6, 6.07) is 0. The molecule has 4 heteroatoms. The molecule has 7 unspecified atom stereocenters. The third-order valence-corrected chi connectivity index (χ3v) is 11.5. The highest BCUT2D eigenvalue weighted by atomic mass is 16.3. The van der Waals surface area contributed by atoms with E-state index in [0.29, 0.717) is 5.57 Å². The standard InChI is InChI=1S/C29H38O4/c1-16-14-22-27(5)11-10-25(3)19-15-20(30)23(31)17(2)18(19)8-9-21(25)26(27,4)12-13-28(22,6)29(7,33)24(16)32/h8-9,15-16,22,31,33H,10-14H2,1-7H3. The zero-order chi connectivity index (χ0) is 24.4. The quantitative estimate of drug-likeness (QED) is 0.490. The van der Waals surface area contributed by atoms with Crippen LogP contribution in [0.2, 0.25) is 0 Å². The van der Waals surface area contributed by atoms with Gasteiger partial charge in [0.05, 0.1) is 0 Å². The van der Waals surface area contributed by atoms with E-state index in [9.17, 15) is 19.8 Å². The first kappa shape index (κ1) is 22.8. The van der Waals surface area contributed by atoms with Crippen LogP contribution in [0.25, 0.3) is 0 Å². The van der Waals surface area contributed by atoms with Crippen LogP contribution in [0, 0.1) is 33.5 Å². The summed E-state index contributed by atoms with van der Waals surface area (Å²) in [6.45, 7) is 14.8. The van der Waals surface area contributed by atoms with Gasteiger partial charge in [0.25, 0.3) is 0 Å². The maximum atomic E-state index is 13.0. The number of carbonyl (C=O) groups is 2. The molecule has 5 aliphatic carbocycles. The molecular weight excluding hydrogens is 412 g/mol. The van der Waals surface area contributed by atoms with E-state index >= 15 is 0 Å². The third-order valence-electron chi connectivity index (χ3n) is 11.5.